The largest absolute Gasteiger partial charge is 0.0888 e. The summed E-state index contributed by atoms with van der Waals surface area (Å²) in [4.78, 5) is 0. The van der Waals surface area contributed by atoms with Gasteiger partial charge < -0.3 is 0 Å². The van der Waals surface area contributed by atoms with Gasteiger partial charge in [-0.2, -0.15) is 0 Å². The second-order valence-electron chi connectivity index (χ2n) is 3.60. The van der Waals surface area contributed by atoms with Crippen LogP contribution in [0.5, 0.6) is 0 Å². The molecule has 0 aliphatic carbocycles. The summed E-state index contributed by atoms with van der Waals surface area (Å²) < 4.78 is 0. The second kappa shape index (κ2) is 4.54. The lowest BCUT2D eigenvalue weighted by Gasteiger charge is -2.19. The van der Waals surface area contributed by atoms with Crippen LogP contribution in [-0.4, -0.2) is 0 Å². The van der Waals surface area contributed by atoms with Gasteiger partial charge in [0.2, 0.25) is 0 Å². The lowest BCUT2D eigenvalue weighted by Crippen LogP contribution is -2.06. The number of allylic oxidation sites excluding steroid dienone is 2. The maximum atomic E-state index is 2.31. The Morgan fingerprint density at radius 2 is 1.70 bits per heavy atom. The van der Waals surface area contributed by atoms with Gasteiger partial charge in [0.05, 0.1) is 0 Å². The minimum Gasteiger partial charge on any atom is -0.0888 e. The Kier molecular flexibility index (Phi) is 4.42. The van der Waals surface area contributed by atoms with Crippen molar-refractivity contribution in [2.75, 3.05) is 0 Å². The molecule has 0 saturated carbocycles. The maximum Gasteiger partial charge on any atom is -0.0299 e. The van der Waals surface area contributed by atoms with E-state index in [0.29, 0.717) is 5.41 Å². The molecule has 0 aromatic carbocycles. The SMILES string of the molecule is CCC=CCC(C)(C)CC. The minimum absolute atomic E-state index is 0.506. The van der Waals surface area contributed by atoms with Crippen LogP contribution in [0.3, 0.4) is 0 Å². The highest BCUT2D eigenvalue weighted by molar-refractivity contribution is 4.85. The summed E-state index contributed by atoms with van der Waals surface area (Å²) in [7, 11) is 0. The van der Waals surface area contributed by atoms with Gasteiger partial charge in [0.25, 0.3) is 0 Å². The smallest absolute Gasteiger partial charge is 0.0299 e. The number of hydrogen-bond acceptors (Lipinski definition) is 0. The van der Waals surface area contributed by atoms with E-state index in [1.165, 1.54) is 19.3 Å². The number of hydrogen-bond donors (Lipinski definition) is 0. The molecule has 0 heteroatoms. The van der Waals surface area contributed by atoms with E-state index in [-0.39, 0.29) is 0 Å². The molecule has 0 aliphatic rings. The Hall–Kier alpha value is -0.260. The van der Waals surface area contributed by atoms with Crippen LogP contribution in [0.25, 0.3) is 0 Å². The van der Waals surface area contributed by atoms with Crippen molar-refractivity contribution >= 4 is 0 Å². The Bertz CT molecular complexity index is 98.6. The Labute approximate surface area is 65.3 Å². The first-order chi connectivity index (χ1) is 4.62. The van der Waals surface area contributed by atoms with E-state index in [9.17, 15) is 0 Å². The molecule has 0 aliphatic heterocycles. The summed E-state index contributed by atoms with van der Waals surface area (Å²) in [6, 6.07) is 0. The van der Waals surface area contributed by atoms with E-state index in [1.54, 1.807) is 0 Å². The Morgan fingerprint density at radius 3 is 2.10 bits per heavy atom. The summed E-state index contributed by atoms with van der Waals surface area (Å²) in [5.74, 6) is 0. The maximum absolute atomic E-state index is 2.31. The number of rotatable bonds is 4. The van der Waals surface area contributed by atoms with Crippen molar-refractivity contribution in [3.05, 3.63) is 12.2 Å². The van der Waals surface area contributed by atoms with Crippen molar-refractivity contribution in [2.45, 2.75) is 47.0 Å². The molecule has 0 heterocycles. The van der Waals surface area contributed by atoms with Crippen LogP contribution in [-0.2, 0) is 0 Å². The van der Waals surface area contributed by atoms with E-state index in [1.807, 2.05) is 0 Å². The zero-order chi connectivity index (χ0) is 8.04. The lowest BCUT2D eigenvalue weighted by atomic mass is 9.86. The van der Waals surface area contributed by atoms with E-state index < -0.39 is 0 Å². The van der Waals surface area contributed by atoms with Gasteiger partial charge in [-0.25, -0.2) is 0 Å². The van der Waals surface area contributed by atoms with E-state index in [2.05, 4.69) is 39.8 Å². The van der Waals surface area contributed by atoms with Crippen LogP contribution >= 0.6 is 0 Å². The van der Waals surface area contributed by atoms with Crippen LogP contribution in [0.4, 0.5) is 0 Å². The van der Waals surface area contributed by atoms with Gasteiger partial charge in [-0.15, -0.1) is 0 Å². The third-order valence-corrected chi connectivity index (χ3v) is 2.03. The fourth-order valence-electron chi connectivity index (χ4n) is 0.713. The molecule has 0 unspecified atom stereocenters. The zero-order valence-electron chi connectivity index (χ0n) is 7.78. The normalized spacial score (nSPS) is 12.8. The minimum atomic E-state index is 0.506. The molecule has 0 bridgehead atoms. The van der Waals surface area contributed by atoms with E-state index in [4.69, 9.17) is 0 Å². The molecular weight excluding hydrogens is 120 g/mol. The van der Waals surface area contributed by atoms with Gasteiger partial charge >= 0.3 is 0 Å². The Balaban J connectivity index is 3.56. The Morgan fingerprint density at radius 1 is 1.10 bits per heavy atom. The van der Waals surface area contributed by atoms with Crippen molar-refractivity contribution in [1.82, 2.24) is 0 Å². The van der Waals surface area contributed by atoms with Gasteiger partial charge in [0, 0.05) is 0 Å². The molecule has 60 valence electrons. The van der Waals surface area contributed by atoms with Crippen molar-refractivity contribution in [3.8, 4) is 0 Å². The summed E-state index contributed by atoms with van der Waals surface area (Å²) in [5.41, 5.74) is 0.506. The summed E-state index contributed by atoms with van der Waals surface area (Å²) >= 11 is 0. The quantitative estimate of drug-likeness (QED) is 0.521. The molecule has 0 rings (SSSR count). The molecule has 0 saturated heterocycles. The zero-order valence-corrected chi connectivity index (χ0v) is 7.78. The molecule has 0 fully saturated rings. The van der Waals surface area contributed by atoms with Gasteiger partial charge in [-0.3, -0.25) is 0 Å². The first-order valence-corrected chi connectivity index (χ1v) is 4.27. The third kappa shape index (κ3) is 4.60. The lowest BCUT2D eigenvalue weighted by molar-refractivity contribution is 0.356. The van der Waals surface area contributed by atoms with Crippen molar-refractivity contribution < 1.29 is 0 Å². The molecular formula is C10H20. The molecule has 0 N–H and O–H groups in total. The molecule has 10 heavy (non-hydrogen) atoms. The highest BCUT2D eigenvalue weighted by Crippen LogP contribution is 2.24. The molecule has 0 aromatic heterocycles. The summed E-state index contributed by atoms with van der Waals surface area (Å²) in [5, 5.41) is 0. The van der Waals surface area contributed by atoms with Gasteiger partial charge in [-0.1, -0.05) is 46.3 Å². The van der Waals surface area contributed by atoms with Crippen molar-refractivity contribution in [3.63, 3.8) is 0 Å². The average molecular weight is 140 g/mol. The molecule has 0 atom stereocenters. The first kappa shape index (κ1) is 9.74. The summed E-state index contributed by atoms with van der Waals surface area (Å²) in [6.07, 6.45) is 8.19. The first-order valence-electron chi connectivity index (χ1n) is 4.27. The topological polar surface area (TPSA) is 0 Å². The van der Waals surface area contributed by atoms with E-state index in [0.717, 1.165) is 0 Å². The third-order valence-electron chi connectivity index (χ3n) is 2.03. The van der Waals surface area contributed by atoms with Crippen LogP contribution in [0.2, 0.25) is 0 Å². The molecule has 0 aromatic rings. The van der Waals surface area contributed by atoms with Gasteiger partial charge in [0.15, 0.2) is 0 Å². The van der Waals surface area contributed by atoms with Gasteiger partial charge in [-0.05, 0) is 18.3 Å². The van der Waals surface area contributed by atoms with Crippen LogP contribution in [0.15, 0.2) is 12.2 Å². The predicted molar refractivity (Wildman–Crippen MR) is 48.1 cm³/mol. The second-order valence-corrected chi connectivity index (χ2v) is 3.60. The van der Waals surface area contributed by atoms with Crippen LogP contribution < -0.4 is 0 Å². The highest BCUT2D eigenvalue weighted by atomic mass is 14.2. The van der Waals surface area contributed by atoms with Crippen LogP contribution in [0, 0.1) is 5.41 Å². The van der Waals surface area contributed by atoms with Crippen molar-refractivity contribution in [1.29, 1.82) is 0 Å². The molecule has 0 spiro atoms. The fourth-order valence-corrected chi connectivity index (χ4v) is 0.713. The average Bonchev–Trinajstić information content (AvgIpc) is 1.89. The standard InChI is InChI=1S/C10H20/c1-5-7-8-9-10(3,4)6-2/h7-8H,5-6,9H2,1-4H3. The van der Waals surface area contributed by atoms with Crippen molar-refractivity contribution in [2.24, 2.45) is 5.41 Å². The molecule has 0 amide bonds. The fraction of sp³-hybridized carbons (Fsp3) is 0.800. The monoisotopic (exact) mass is 140 g/mol. The molecule has 0 radical (unpaired) electrons. The van der Waals surface area contributed by atoms with Gasteiger partial charge in [0.1, 0.15) is 0 Å². The highest BCUT2D eigenvalue weighted by Gasteiger charge is 2.11. The summed E-state index contributed by atoms with van der Waals surface area (Å²) in [6.45, 7) is 9.05. The van der Waals surface area contributed by atoms with E-state index >= 15 is 0 Å². The molecule has 0 nitrogen and oxygen atoms in total. The predicted octanol–water partition coefficient (Wildman–Crippen LogP) is 3.78. The van der Waals surface area contributed by atoms with Crippen LogP contribution in [0.1, 0.15) is 47.0 Å².